The van der Waals surface area contributed by atoms with Crippen molar-refractivity contribution >= 4 is 17.8 Å². The molecule has 1 N–H and O–H groups in total. The molecule has 1 amide bonds. The predicted octanol–water partition coefficient (Wildman–Crippen LogP) is 2.95. The molecule has 1 aromatic carbocycles. The summed E-state index contributed by atoms with van der Waals surface area (Å²) in [6, 6.07) is 10.0. The Morgan fingerprint density at radius 3 is 3.00 bits per heavy atom. The van der Waals surface area contributed by atoms with Crippen LogP contribution in [0, 0.1) is 0 Å². The third-order valence-electron chi connectivity index (χ3n) is 4.85. The number of benzene rings is 1. The summed E-state index contributed by atoms with van der Waals surface area (Å²) in [5.74, 6) is 1.87. The first-order valence-corrected chi connectivity index (χ1v) is 9.19. The minimum Gasteiger partial charge on any atom is -0.493 e. The summed E-state index contributed by atoms with van der Waals surface area (Å²) in [4.78, 5) is 18.9. The minimum atomic E-state index is -0.0960. The van der Waals surface area contributed by atoms with E-state index in [1.165, 1.54) is 18.4 Å². The van der Waals surface area contributed by atoms with E-state index in [2.05, 4.69) is 27.3 Å². The van der Waals surface area contributed by atoms with Gasteiger partial charge in [0.2, 0.25) is 5.91 Å². The van der Waals surface area contributed by atoms with Gasteiger partial charge in [-0.25, -0.2) is 4.98 Å². The highest BCUT2D eigenvalue weighted by Gasteiger charge is 2.14. The number of pyridine rings is 1. The zero-order valence-electron chi connectivity index (χ0n) is 14.8. The smallest absolute Gasteiger partial charge is 0.244 e. The Hall–Kier alpha value is -2.82. The van der Waals surface area contributed by atoms with Crippen molar-refractivity contribution in [3.63, 3.8) is 0 Å². The van der Waals surface area contributed by atoms with Crippen molar-refractivity contribution in [3.05, 3.63) is 59.3 Å². The third kappa shape index (κ3) is 3.87. The van der Waals surface area contributed by atoms with Crippen LogP contribution in [0.1, 0.15) is 29.5 Å². The number of rotatable bonds is 5. The molecule has 0 bridgehead atoms. The Morgan fingerprint density at radius 1 is 1.23 bits per heavy atom. The van der Waals surface area contributed by atoms with Crippen LogP contribution in [0.25, 0.3) is 6.08 Å². The SMILES string of the molecule is O=C(/C=C/c1ccc2c(c1)CCO2)NCc1ccnc(N2CCCC2)c1. The van der Waals surface area contributed by atoms with Crippen molar-refractivity contribution in [3.8, 4) is 5.75 Å². The van der Waals surface area contributed by atoms with Crippen molar-refractivity contribution in [1.82, 2.24) is 10.3 Å². The average Bonchev–Trinajstić information content (AvgIpc) is 3.36. The monoisotopic (exact) mass is 349 g/mol. The van der Waals surface area contributed by atoms with Gasteiger partial charge in [-0.05, 0) is 59.9 Å². The summed E-state index contributed by atoms with van der Waals surface area (Å²) in [7, 11) is 0. The lowest BCUT2D eigenvalue weighted by atomic mass is 10.1. The minimum absolute atomic E-state index is 0.0960. The summed E-state index contributed by atoms with van der Waals surface area (Å²) < 4.78 is 5.50. The van der Waals surface area contributed by atoms with E-state index >= 15 is 0 Å². The number of carbonyl (C=O) groups excluding carboxylic acids is 1. The standard InChI is InChI=1S/C21H23N3O2/c25-21(6-4-16-3-5-19-18(13-16)8-12-26-19)23-15-17-7-9-22-20(14-17)24-10-1-2-11-24/h3-7,9,13-14H,1-2,8,10-12,15H2,(H,23,25)/b6-4+. The molecule has 0 aliphatic carbocycles. The van der Waals surface area contributed by atoms with E-state index < -0.39 is 0 Å². The topological polar surface area (TPSA) is 54.5 Å². The highest BCUT2D eigenvalue weighted by atomic mass is 16.5. The second-order valence-electron chi connectivity index (χ2n) is 6.73. The predicted molar refractivity (Wildman–Crippen MR) is 102 cm³/mol. The van der Waals surface area contributed by atoms with Crippen LogP contribution < -0.4 is 15.0 Å². The maximum absolute atomic E-state index is 12.1. The molecule has 0 radical (unpaired) electrons. The number of nitrogens with zero attached hydrogens (tertiary/aromatic N) is 2. The van der Waals surface area contributed by atoms with Crippen LogP contribution >= 0.6 is 0 Å². The van der Waals surface area contributed by atoms with Crippen molar-refractivity contribution in [1.29, 1.82) is 0 Å². The number of fused-ring (bicyclic) bond motifs is 1. The number of ether oxygens (including phenoxy) is 1. The molecule has 1 aromatic heterocycles. The first-order chi connectivity index (χ1) is 12.8. The van der Waals surface area contributed by atoms with E-state index in [0.717, 1.165) is 48.8 Å². The Labute approximate surface area is 153 Å². The number of amides is 1. The van der Waals surface area contributed by atoms with Crippen molar-refractivity contribution in [2.45, 2.75) is 25.8 Å². The number of aromatic nitrogens is 1. The lowest BCUT2D eigenvalue weighted by Crippen LogP contribution is -2.22. The van der Waals surface area contributed by atoms with Crippen LogP contribution in [0.2, 0.25) is 0 Å². The van der Waals surface area contributed by atoms with Crippen molar-refractivity contribution < 1.29 is 9.53 Å². The van der Waals surface area contributed by atoms with Crippen LogP contribution in [0.15, 0.2) is 42.6 Å². The molecule has 2 aliphatic heterocycles. The molecule has 26 heavy (non-hydrogen) atoms. The molecule has 2 aromatic rings. The lowest BCUT2D eigenvalue weighted by molar-refractivity contribution is -0.116. The van der Waals surface area contributed by atoms with Gasteiger partial charge in [-0.1, -0.05) is 6.07 Å². The summed E-state index contributed by atoms with van der Waals surface area (Å²) in [5, 5.41) is 2.94. The van der Waals surface area contributed by atoms with Gasteiger partial charge in [0, 0.05) is 38.3 Å². The van der Waals surface area contributed by atoms with Gasteiger partial charge in [-0.15, -0.1) is 0 Å². The molecule has 0 saturated carbocycles. The lowest BCUT2D eigenvalue weighted by Gasteiger charge is -2.16. The Balaban J connectivity index is 1.33. The quantitative estimate of drug-likeness (QED) is 0.844. The van der Waals surface area contributed by atoms with E-state index in [1.807, 2.05) is 30.5 Å². The molecule has 0 unspecified atom stereocenters. The van der Waals surface area contributed by atoms with E-state index in [4.69, 9.17) is 4.74 Å². The molecule has 4 rings (SSSR count). The molecular formula is C21H23N3O2. The first kappa shape index (κ1) is 16.6. The maximum Gasteiger partial charge on any atom is 0.244 e. The van der Waals surface area contributed by atoms with Gasteiger partial charge in [0.1, 0.15) is 11.6 Å². The van der Waals surface area contributed by atoms with Crippen molar-refractivity contribution in [2.75, 3.05) is 24.6 Å². The number of nitrogens with one attached hydrogen (secondary N) is 1. The molecule has 0 atom stereocenters. The van der Waals surface area contributed by atoms with Gasteiger partial charge >= 0.3 is 0 Å². The fourth-order valence-electron chi connectivity index (χ4n) is 3.42. The molecule has 0 spiro atoms. The summed E-state index contributed by atoms with van der Waals surface area (Å²) in [6.45, 7) is 3.38. The van der Waals surface area contributed by atoms with Crippen LogP contribution in [0.5, 0.6) is 5.75 Å². The second-order valence-corrected chi connectivity index (χ2v) is 6.73. The molecule has 1 saturated heterocycles. The van der Waals surface area contributed by atoms with Crippen LogP contribution in [-0.2, 0) is 17.8 Å². The van der Waals surface area contributed by atoms with E-state index in [-0.39, 0.29) is 5.91 Å². The zero-order valence-corrected chi connectivity index (χ0v) is 14.8. The zero-order chi connectivity index (χ0) is 17.8. The van der Waals surface area contributed by atoms with Gasteiger partial charge in [-0.3, -0.25) is 4.79 Å². The molecule has 134 valence electrons. The van der Waals surface area contributed by atoms with Gasteiger partial charge in [0.15, 0.2) is 0 Å². The van der Waals surface area contributed by atoms with Crippen LogP contribution in [0.4, 0.5) is 5.82 Å². The summed E-state index contributed by atoms with van der Waals surface area (Å²) in [6.07, 6.45) is 8.63. The molecule has 5 heteroatoms. The highest BCUT2D eigenvalue weighted by molar-refractivity contribution is 5.91. The van der Waals surface area contributed by atoms with E-state index in [1.54, 1.807) is 6.08 Å². The fourth-order valence-corrected chi connectivity index (χ4v) is 3.42. The molecule has 3 heterocycles. The number of anilines is 1. The normalized spacial score (nSPS) is 15.9. The Morgan fingerprint density at radius 2 is 2.12 bits per heavy atom. The second kappa shape index (κ2) is 7.60. The number of hydrogen-bond donors (Lipinski definition) is 1. The molecule has 1 fully saturated rings. The molecule has 5 nitrogen and oxygen atoms in total. The van der Waals surface area contributed by atoms with Gasteiger partial charge < -0.3 is 15.0 Å². The van der Waals surface area contributed by atoms with Crippen molar-refractivity contribution in [2.24, 2.45) is 0 Å². The number of carbonyl (C=O) groups is 1. The Kier molecular flexibility index (Phi) is 4.86. The van der Waals surface area contributed by atoms with Crippen LogP contribution in [-0.4, -0.2) is 30.6 Å². The largest absolute Gasteiger partial charge is 0.493 e. The van der Waals surface area contributed by atoms with Gasteiger partial charge in [0.05, 0.1) is 6.61 Å². The number of hydrogen-bond acceptors (Lipinski definition) is 4. The maximum atomic E-state index is 12.1. The highest BCUT2D eigenvalue weighted by Crippen LogP contribution is 2.26. The first-order valence-electron chi connectivity index (χ1n) is 9.19. The fraction of sp³-hybridized carbons (Fsp3) is 0.333. The average molecular weight is 349 g/mol. The summed E-state index contributed by atoms with van der Waals surface area (Å²) >= 11 is 0. The molecular weight excluding hydrogens is 326 g/mol. The van der Waals surface area contributed by atoms with Gasteiger partial charge in [-0.2, -0.15) is 0 Å². The van der Waals surface area contributed by atoms with Gasteiger partial charge in [0.25, 0.3) is 0 Å². The third-order valence-corrected chi connectivity index (χ3v) is 4.85. The molecule has 2 aliphatic rings. The van der Waals surface area contributed by atoms with Crippen LogP contribution in [0.3, 0.4) is 0 Å². The summed E-state index contributed by atoms with van der Waals surface area (Å²) in [5.41, 5.74) is 3.29. The van der Waals surface area contributed by atoms with E-state index in [9.17, 15) is 4.79 Å². The Bertz CT molecular complexity index is 826. The van der Waals surface area contributed by atoms with E-state index in [0.29, 0.717) is 6.54 Å².